The van der Waals surface area contributed by atoms with Gasteiger partial charge in [0.1, 0.15) is 12.4 Å². The lowest BCUT2D eigenvalue weighted by atomic mass is 9.87. The van der Waals surface area contributed by atoms with Crippen molar-refractivity contribution in [2.75, 3.05) is 6.61 Å². The number of carbonyl (C=O) groups excluding carboxylic acids is 1. The SMILES string of the molecule is CCCCCCCC(CCCCC)C1=C(O)COC1=O. The van der Waals surface area contributed by atoms with E-state index in [2.05, 4.69) is 13.8 Å². The Labute approximate surface area is 123 Å². The molecule has 1 aliphatic rings. The third-order valence-electron chi connectivity index (χ3n) is 4.09. The number of aliphatic hydroxyl groups excluding tert-OH is 1. The predicted molar refractivity (Wildman–Crippen MR) is 81.6 cm³/mol. The number of aliphatic hydroxyl groups is 1. The van der Waals surface area contributed by atoms with Crippen molar-refractivity contribution in [2.24, 2.45) is 5.92 Å². The molecule has 0 saturated heterocycles. The van der Waals surface area contributed by atoms with Crippen molar-refractivity contribution in [3.05, 3.63) is 11.3 Å². The maximum atomic E-state index is 11.8. The lowest BCUT2D eigenvalue weighted by molar-refractivity contribution is -0.136. The molecule has 3 nitrogen and oxygen atoms in total. The second kappa shape index (κ2) is 9.84. The van der Waals surface area contributed by atoms with Crippen molar-refractivity contribution in [1.82, 2.24) is 0 Å². The van der Waals surface area contributed by atoms with E-state index in [1.807, 2.05) is 0 Å². The molecule has 1 atom stereocenters. The number of carbonyl (C=O) groups is 1. The number of rotatable bonds is 11. The van der Waals surface area contributed by atoms with E-state index in [4.69, 9.17) is 4.74 Å². The summed E-state index contributed by atoms with van der Waals surface area (Å²) in [5.74, 6) is 0.0702. The Morgan fingerprint density at radius 1 is 1.00 bits per heavy atom. The van der Waals surface area contributed by atoms with Gasteiger partial charge in [-0.15, -0.1) is 0 Å². The van der Waals surface area contributed by atoms with Gasteiger partial charge in [-0.1, -0.05) is 65.2 Å². The summed E-state index contributed by atoms with van der Waals surface area (Å²) in [7, 11) is 0. The van der Waals surface area contributed by atoms with Gasteiger partial charge in [0, 0.05) is 0 Å². The molecule has 3 heteroatoms. The van der Waals surface area contributed by atoms with Crippen LogP contribution in [0.4, 0.5) is 0 Å². The number of hydrogen-bond acceptors (Lipinski definition) is 3. The van der Waals surface area contributed by atoms with Crippen LogP contribution in [-0.4, -0.2) is 17.7 Å². The smallest absolute Gasteiger partial charge is 0.338 e. The van der Waals surface area contributed by atoms with Crippen molar-refractivity contribution in [3.8, 4) is 0 Å². The molecule has 1 rings (SSSR count). The summed E-state index contributed by atoms with van der Waals surface area (Å²) >= 11 is 0. The largest absolute Gasteiger partial charge is 0.508 e. The molecule has 0 bridgehead atoms. The van der Waals surface area contributed by atoms with E-state index >= 15 is 0 Å². The summed E-state index contributed by atoms with van der Waals surface area (Å²) in [5, 5.41) is 9.86. The molecular formula is C17H30O3. The van der Waals surface area contributed by atoms with Gasteiger partial charge < -0.3 is 9.84 Å². The first-order valence-corrected chi connectivity index (χ1v) is 8.29. The maximum absolute atomic E-state index is 11.8. The lowest BCUT2D eigenvalue weighted by Gasteiger charge is -2.16. The van der Waals surface area contributed by atoms with Crippen molar-refractivity contribution >= 4 is 5.97 Å². The van der Waals surface area contributed by atoms with Gasteiger partial charge in [-0.3, -0.25) is 0 Å². The Morgan fingerprint density at radius 2 is 1.55 bits per heavy atom. The van der Waals surface area contributed by atoms with Crippen LogP contribution < -0.4 is 0 Å². The first kappa shape index (κ1) is 17.1. The number of esters is 1. The van der Waals surface area contributed by atoms with Gasteiger partial charge in [-0.25, -0.2) is 4.79 Å². The third kappa shape index (κ3) is 5.56. The molecule has 1 N–H and O–H groups in total. The van der Waals surface area contributed by atoms with E-state index in [1.165, 1.54) is 38.5 Å². The van der Waals surface area contributed by atoms with Crippen LogP contribution in [0, 0.1) is 5.92 Å². The fourth-order valence-corrected chi connectivity index (χ4v) is 2.88. The number of cyclic esters (lactones) is 1. The highest BCUT2D eigenvalue weighted by Gasteiger charge is 2.30. The van der Waals surface area contributed by atoms with Crippen LogP contribution in [0.1, 0.15) is 78.1 Å². The van der Waals surface area contributed by atoms with Crippen molar-refractivity contribution in [1.29, 1.82) is 0 Å². The molecule has 0 saturated carbocycles. The lowest BCUT2D eigenvalue weighted by Crippen LogP contribution is -2.12. The van der Waals surface area contributed by atoms with Gasteiger partial charge in [-0.2, -0.15) is 0 Å². The van der Waals surface area contributed by atoms with Crippen LogP contribution in [0.3, 0.4) is 0 Å². The van der Waals surface area contributed by atoms with Crippen molar-refractivity contribution in [2.45, 2.75) is 78.1 Å². The summed E-state index contributed by atoms with van der Waals surface area (Å²) < 4.78 is 4.95. The van der Waals surface area contributed by atoms with Gasteiger partial charge >= 0.3 is 5.97 Å². The first-order chi connectivity index (χ1) is 9.70. The molecule has 1 heterocycles. The standard InChI is InChI=1S/C17H30O3/c1-3-5-7-8-10-12-14(11-9-6-4-2)16-15(18)13-20-17(16)19/h14,18H,3-13H2,1-2H3. The zero-order valence-electron chi connectivity index (χ0n) is 13.1. The van der Waals surface area contributed by atoms with E-state index in [0.29, 0.717) is 5.57 Å². The van der Waals surface area contributed by atoms with E-state index in [0.717, 1.165) is 25.7 Å². The summed E-state index contributed by atoms with van der Waals surface area (Å²) in [5.41, 5.74) is 0.566. The molecular weight excluding hydrogens is 252 g/mol. The summed E-state index contributed by atoms with van der Waals surface area (Å²) in [6, 6.07) is 0. The van der Waals surface area contributed by atoms with Gasteiger partial charge in [0.25, 0.3) is 0 Å². The monoisotopic (exact) mass is 282 g/mol. The predicted octanol–water partition coefficient (Wildman–Crippen LogP) is 4.91. The van der Waals surface area contributed by atoms with Crippen LogP contribution in [0.25, 0.3) is 0 Å². The molecule has 1 unspecified atom stereocenters. The zero-order valence-corrected chi connectivity index (χ0v) is 13.1. The molecule has 0 spiro atoms. The molecule has 116 valence electrons. The van der Waals surface area contributed by atoms with Crippen molar-refractivity contribution in [3.63, 3.8) is 0 Å². The van der Waals surface area contributed by atoms with Gasteiger partial charge in [0.05, 0.1) is 5.57 Å². The van der Waals surface area contributed by atoms with E-state index < -0.39 is 0 Å². The minimum Gasteiger partial charge on any atom is -0.508 e. The summed E-state index contributed by atoms with van der Waals surface area (Å²) in [4.78, 5) is 11.8. The molecule has 0 aliphatic carbocycles. The minimum absolute atomic E-state index is 0.0777. The van der Waals surface area contributed by atoms with E-state index in [9.17, 15) is 9.90 Å². The Kier molecular flexibility index (Phi) is 8.40. The summed E-state index contributed by atoms with van der Waals surface area (Å²) in [6.07, 6.45) is 11.7. The molecule has 0 aromatic rings. The van der Waals surface area contributed by atoms with Gasteiger partial charge in [-0.05, 0) is 18.8 Å². The molecule has 1 aliphatic heterocycles. The maximum Gasteiger partial charge on any atom is 0.338 e. The molecule has 0 amide bonds. The number of unbranched alkanes of at least 4 members (excludes halogenated alkanes) is 6. The topological polar surface area (TPSA) is 46.5 Å². The second-order valence-corrected chi connectivity index (χ2v) is 5.83. The Bertz CT molecular complexity index is 320. The highest BCUT2D eigenvalue weighted by Crippen LogP contribution is 2.30. The Balaban J connectivity index is 2.47. The Morgan fingerprint density at radius 3 is 2.10 bits per heavy atom. The third-order valence-corrected chi connectivity index (χ3v) is 4.09. The molecule has 0 aromatic heterocycles. The number of ether oxygens (including phenoxy) is 1. The molecule has 0 fully saturated rings. The van der Waals surface area contributed by atoms with Crippen LogP contribution in [0.2, 0.25) is 0 Å². The van der Waals surface area contributed by atoms with Crippen molar-refractivity contribution < 1.29 is 14.6 Å². The fourth-order valence-electron chi connectivity index (χ4n) is 2.88. The second-order valence-electron chi connectivity index (χ2n) is 5.83. The van der Waals surface area contributed by atoms with Gasteiger partial charge in [0.2, 0.25) is 0 Å². The normalized spacial score (nSPS) is 16.6. The van der Waals surface area contributed by atoms with Crippen LogP contribution in [-0.2, 0) is 9.53 Å². The average Bonchev–Trinajstić information content (AvgIpc) is 2.76. The molecule has 0 aromatic carbocycles. The minimum atomic E-state index is -0.294. The first-order valence-electron chi connectivity index (χ1n) is 8.29. The van der Waals surface area contributed by atoms with E-state index in [-0.39, 0.29) is 24.3 Å². The highest BCUT2D eigenvalue weighted by molar-refractivity contribution is 5.91. The van der Waals surface area contributed by atoms with Crippen LogP contribution >= 0.6 is 0 Å². The molecule has 0 radical (unpaired) electrons. The zero-order chi connectivity index (χ0) is 14.8. The quantitative estimate of drug-likeness (QED) is 0.432. The van der Waals surface area contributed by atoms with Crippen LogP contribution in [0.5, 0.6) is 0 Å². The molecule has 20 heavy (non-hydrogen) atoms. The van der Waals surface area contributed by atoms with Gasteiger partial charge in [0.15, 0.2) is 0 Å². The summed E-state index contributed by atoms with van der Waals surface area (Å²) in [6.45, 7) is 4.47. The van der Waals surface area contributed by atoms with Crippen LogP contribution in [0.15, 0.2) is 11.3 Å². The fraction of sp³-hybridized carbons (Fsp3) is 0.824. The van der Waals surface area contributed by atoms with E-state index in [1.54, 1.807) is 0 Å². The average molecular weight is 282 g/mol. The highest BCUT2D eigenvalue weighted by atomic mass is 16.5. The Hall–Kier alpha value is -0.990. The number of hydrogen-bond donors (Lipinski definition) is 1.